The van der Waals surface area contributed by atoms with Crippen LogP contribution in [0.1, 0.15) is 11.1 Å². The summed E-state index contributed by atoms with van der Waals surface area (Å²) in [7, 11) is -11.3. The van der Waals surface area contributed by atoms with Gasteiger partial charge in [0.25, 0.3) is 0 Å². The Morgan fingerprint density at radius 1 is 0.163 bits per heavy atom. The summed E-state index contributed by atoms with van der Waals surface area (Å²) < 4.78 is 8.48. The fourth-order valence-corrected chi connectivity index (χ4v) is 49.5. The van der Waals surface area contributed by atoms with Gasteiger partial charge in [-0.3, -0.25) is 0 Å². The van der Waals surface area contributed by atoms with Crippen molar-refractivity contribution in [3.8, 4) is 50.4 Å². The Balaban J connectivity index is 0.000000122. The predicted octanol–water partition coefficient (Wildman–Crippen LogP) is 22.2. The summed E-state index contributed by atoms with van der Waals surface area (Å²) in [5.74, 6) is 0. The van der Waals surface area contributed by atoms with Gasteiger partial charge in [0.2, 0.25) is 0 Å². The number of fused-ring (bicyclic) bond motifs is 16. The maximum atomic E-state index is 3.63. The zero-order valence-corrected chi connectivity index (χ0v) is 83.1. The second-order valence-corrected chi connectivity index (χ2v) is 53.3. The van der Waals surface area contributed by atoms with Gasteiger partial charge in [-0.1, -0.05) is 501 Å². The smallest absolute Gasteiger partial charge is 0.179 e. The standard InChI is InChI=1S/C66H46N2Si2.C43H32Si2.C24H16BrN/c1-5-23-47(24-6-1)53-31-13-16-34-58(53)68-60-36-18-15-33-55(60)57-45-48(41-44-61(57)68)67-59-35-17-14-32-54(59)56-43-42-52(46-62(56)67)70(51-29-11-4-12-30-51)65-39-21-19-37-63(65)69(49-25-7-2-8-26-49,50-27-9-3-10-28-50)64-38-20-22-40-66(64)70;1-4-17-34(18-5-1)44(35-19-6-2-7-20-35)40-24-12-14-26-42(40)45(36-21-8-3-9-22-36,43-27-15-13-25-41(43)44)37-28-29-39-33(31-37)30-32-16-10-11-23-38(32)39;25-18-14-15-24-21(16-18)20-11-5-7-13-23(20)26(24)22-12-6-4-10-19(22)17-8-2-1-3-9-17/h1-46H;1-29,31H,30H2;1-16H. The molecule has 2 aliphatic heterocycles. The molecule has 0 atom stereocenters. The van der Waals surface area contributed by atoms with Crippen LogP contribution in [0, 0.1) is 0 Å². The zero-order valence-electron chi connectivity index (χ0n) is 77.5. The van der Waals surface area contributed by atoms with Gasteiger partial charge in [0.1, 0.15) is 0 Å². The Morgan fingerprint density at radius 2 is 0.440 bits per heavy atom. The molecule has 0 saturated carbocycles. The second-order valence-electron chi connectivity index (χ2n) is 37.5. The second kappa shape index (κ2) is 35.2. The van der Waals surface area contributed by atoms with Crippen molar-refractivity contribution >= 4 is 197 Å². The molecule has 8 heteroatoms. The third kappa shape index (κ3) is 13.4. The first kappa shape index (κ1) is 85.0. The highest BCUT2D eigenvalue weighted by atomic mass is 79.9. The number of rotatable bonds is 13. The van der Waals surface area contributed by atoms with Crippen molar-refractivity contribution in [2.45, 2.75) is 6.42 Å². The third-order valence-electron chi connectivity index (χ3n) is 30.5. The molecule has 3 nitrogen and oxygen atoms in total. The zero-order chi connectivity index (χ0) is 93.6. The summed E-state index contributed by atoms with van der Waals surface area (Å²) in [6, 6.07) is 210. The minimum Gasteiger partial charge on any atom is -0.309 e. The van der Waals surface area contributed by atoms with Gasteiger partial charge in [0, 0.05) is 53.6 Å². The molecule has 22 aromatic carbocycles. The highest BCUT2D eigenvalue weighted by Crippen LogP contribution is 2.43. The Kier molecular flexibility index (Phi) is 21.3. The maximum absolute atomic E-state index is 3.63. The third-order valence-corrected chi connectivity index (χ3v) is 51.5. The average Bonchev–Trinajstić information content (AvgIpc) is 1.36. The first-order chi connectivity index (χ1) is 69.9. The minimum atomic E-state index is -3.05. The van der Waals surface area contributed by atoms with Crippen molar-refractivity contribution in [1.29, 1.82) is 0 Å². The van der Waals surface area contributed by atoms with Crippen molar-refractivity contribution in [3.63, 3.8) is 0 Å². The van der Waals surface area contributed by atoms with Crippen molar-refractivity contribution in [3.05, 3.63) is 574 Å². The van der Waals surface area contributed by atoms with E-state index >= 15 is 0 Å². The van der Waals surface area contributed by atoms with Gasteiger partial charge >= 0.3 is 0 Å². The molecule has 1 aliphatic carbocycles. The lowest BCUT2D eigenvalue weighted by Crippen LogP contribution is -2.93. The van der Waals surface area contributed by atoms with Crippen LogP contribution in [0.2, 0.25) is 0 Å². The molecule has 0 spiro atoms. The van der Waals surface area contributed by atoms with E-state index in [-0.39, 0.29) is 0 Å². The monoisotopic (exact) mass is 1920 g/mol. The molecule has 0 radical (unpaired) electrons. The number of benzene rings is 22. The molecule has 0 saturated heterocycles. The van der Waals surface area contributed by atoms with Crippen molar-refractivity contribution in [1.82, 2.24) is 13.7 Å². The number of halogens is 1. The molecule has 141 heavy (non-hydrogen) atoms. The Hall–Kier alpha value is -16.4. The van der Waals surface area contributed by atoms with Gasteiger partial charge in [0.05, 0.1) is 44.5 Å². The summed E-state index contributed by atoms with van der Waals surface area (Å²) in [5.41, 5.74) is 21.3. The van der Waals surface area contributed by atoms with Crippen LogP contribution >= 0.6 is 15.9 Å². The molecule has 0 fully saturated rings. The summed E-state index contributed by atoms with van der Waals surface area (Å²) in [5, 5.41) is 31.0. The van der Waals surface area contributed by atoms with Gasteiger partial charge in [-0.2, -0.15) is 0 Å². The number of nitrogens with zero attached hydrogens (tertiary/aromatic N) is 3. The Bertz CT molecular complexity index is 8920. The number of hydrogen-bond donors (Lipinski definition) is 0. The molecular weight excluding hydrogens is 1830 g/mol. The van der Waals surface area contributed by atoms with E-state index in [1.54, 1.807) is 0 Å². The molecule has 25 aromatic rings. The lowest BCUT2D eigenvalue weighted by molar-refractivity contribution is 1.17. The van der Waals surface area contributed by atoms with E-state index in [4.69, 9.17) is 0 Å². The minimum absolute atomic E-state index is 0.995. The van der Waals surface area contributed by atoms with E-state index in [1.165, 1.54) is 204 Å². The molecule has 3 aliphatic rings. The first-order valence-electron chi connectivity index (χ1n) is 48.9. The van der Waals surface area contributed by atoms with E-state index in [1.807, 2.05) is 0 Å². The highest BCUT2D eigenvalue weighted by Gasteiger charge is 2.59. The topological polar surface area (TPSA) is 14.8 Å². The Morgan fingerprint density at radius 3 is 0.844 bits per heavy atom. The van der Waals surface area contributed by atoms with Crippen LogP contribution in [0.25, 0.3) is 116 Å². The molecule has 0 amide bonds. The van der Waals surface area contributed by atoms with Crippen LogP contribution in [0.15, 0.2) is 563 Å². The number of aromatic nitrogens is 3. The summed E-state index contributed by atoms with van der Waals surface area (Å²) in [6.45, 7) is 0. The van der Waals surface area contributed by atoms with Crippen LogP contribution in [-0.4, -0.2) is 46.0 Å². The summed E-state index contributed by atoms with van der Waals surface area (Å²) >= 11 is 3.63. The van der Waals surface area contributed by atoms with Crippen molar-refractivity contribution < 1.29 is 0 Å². The number of para-hydroxylation sites is 5. The average molecular weight is 1930 g/mol. The predicted molar refractivity (Wildman–Crippen MR) is 611 cm³/mol. The fraction of sp³-hybridized carbons (Fsp3) is 0.00752. The lowest BCUT2D eigenvalue weighted by Gasteiger charge is -2.48. The van der Waals surface area contributed by atoms with Gasteiger partial charge in [0.15, 0.2) is 32.3 Å². The van der Waals surface area contributed by atoms with Crippen molar-refractivity contribution in [2.75, 3.05) is 0 Å². The van der Waals surface area contributed by atoms with Gasteiger partial charge in [-0.05, 0) is 196 Å². The number of hydrogen-bond acceptors (Lipinski definition) is 0. The van der Waals surface area contributed by atoms with E-state index in [0.29, 0.717) is 0 Å². The normalized spacial score (nSPS) is 13.6. The van der Waals surface area contributed by atoms with Crippen LogP contribution in [0.3, 0.4) is 0 Å². The molecule has 5 heterocycles. The van der Waals surface area contributed by atoms with Crippen LogP contribution in [-0.2, 0) is 6.42 Å². The first-order valence-corrected chi connectivity index (χ1v) is 57.7. The SMILES string of the molecule is Brc1ccc2c(c1)c1ccccc1n2-c1ccccc1-c1ccccc1.c1ccc(-c2ccccc2-n2c3ccccc3c3cc(-n4c5ccccc5c5ccc([Si]6(c7ccccc7)c7ccccc7[Si](c7ccccc7)(c7ccccc7)c7ccccc76)cc54)ccc32)cc1.c1ccc([Si]2(c3ccccc3)c3ccccc3[Si](c3ccccc3)(c3ccc4c(c3)Cc3ccccc3-4)c3ccccc32)cc1. The quantitative estimate of drug-likeness (QED) is 0.102. The van der Waals surface area contributed by atoms with Crippen LogP contribution in [0.4, 0.5) is 0 Å². The molecule has 664 valence electrons. The van der Waals surface area contributed by atoms with Crippen LogP contribution < -0.4 is 83.0 Å². The van der Waals surface area contributed by atoms with Gasteiger partial charge < -0.3 is 13.7 Å². The summed E-state index contributed by atoms with van der Waals surface area (Å²) in [4.78, 5) is 0. The van der Waals surface area contributed by atoms with Gasteiger partial charge in [-0.25, -0.2) is 0 Å². The molecule has 0 unspecified atom stereocenters. The molecule has 0 bridgehead atoms. The highest BCUT2D eigenvalue weighted by molar-refractivity contribution is 9.10. The van der Waals surface area contributed by atoms with E-state index < -0.39 is 32.3 Å². The van der Waals surface area contributed by atoms with E-state index in [2.05, 4.69) is 588 Å². The largest absolute Gasteiger partial charge is 0.309 e. The Labute approximate surface area is 834 Å². The summed E-state index contributed by atoms with van der Waals surface area (Å²) in [6.07, 6.45) is 0.995. The molecular formula is C133H94BrN3Si4. The molecule has 3 aromatic heterocycles. The van der Waals surface area contributed by atoms with Crippen LogP contribution in [0.5, 0.6) is 0 Å². The molecule has 28 rings (SSSR count). The van der Waals surface area contributed by atoms with Gasteiger partial charge in [-0.15, -0.1) is 0 Å². The molecule has 0 N–H and O–H groups in total. The lowest BCUT2D eigenvalue weighted by atomic mass is 10.0. The van der Waals surface area contributed by atoms with E-state index in [0.717, 1.165) is 16.6 Å². The fourth-order valence-electron chi connectivity index (χ4n) is 24.9. The maximum Gasteiger partial charge on any atom is 0.179 e. The van der Waals surface area contributed by atoms with Crippen molar-refractivity contribution in [2.24, 2.45) is 0 Å². The van der Waals surface area contributed by atoms with E-state index in [9.17, 15) is 0 Å².